The largest absolute Gasteiger partial charge is 0.337 e. The van der Waals surface area contributed by atoms with Gasteiger partial charge in [0, 0.05) is 51.7 Å². The highest BCUT2D eigenvalue weighted by Crippen LogP contribution is 2.37. The molecule has 2 aromatic heterocycles. The maximum Gasteiger partial charge on any atom is 0.179 e. The highest BCUT2D eigenvalue weighted by Gasteiger charge is 2.19. The molecule has 0 atom stereocenters. The smallest absolute Gasteiger partial charge is 0.179 e. The Labute approximate surface area is 168 Å². The van der Waals surface area contributed by atoms with Gasteiger partial charge in [0.1, 0.15) is 5.83 Å². The number of nitrogens with two attached hydrogens (primary N) is 1. The Kier molecular flexibility index (Phi) is 5.88. The monoisotopic (exact) mass is 421 g/mol. The van der Waals surface area contributed by atoms with Crippen molar-refractivity contribution in [3.05, 3.63) is 59.3 Å². The number of sulfone groups is 1. The van der Waals surface area contributed by atoms with Gasteiger partial charge in [-0.25, -0.2) is 12.8 Å². The fourth-order valence-electron chi connectivity index (χ4n) is 3.26. The van der Waals surface area contributed by atoms with E-state index in [4.69, 9.17) is 17.3 Å². The molecule has 0 saturated heterocycles. The molecule has 0 fully saturated rings. The van der Waals surface area contributed by atoms with E-state index in [1.54, 1.807) is 31.3 Å². The third-order valence-corrected chi connectivity index (χ3v) is 6.61. The fourth-order valence-corrected chi connectivity index (χ4v) is 4.29. The molecule has 3 rings (SSSR count). The lowest BCUT2D eigenvalue weighted by Crippen LogP contribution is -2.05. The average molecular weight is 422 g/mol. The molecular weight excluding hydrogens is 401 g/mol. The number of hydrogen-bond donors (Lipinski definition) is 1. The number of aromatic nitrogens is 2. The third-order valence-electron chi connectivity index (χ3n) is 4.67. The maximum absolute atomic E-state index is 14.2. The summed E-state index contributed by atoms with van der Waals surface area (Å²) in [5.74, 6) is -0.357. The Morgan fingerprint density at radius 2 is 2.07 bits per heavy atom. The summed E-state index contributed by atoms with van der Waals surface area (Å²) in [4.78, 5) is 4.28. The molecule has 0 aliphatic rings. The van der Waals surface area contributed by atoms with Crippen LogP contribution in [0, 0.1) is 6.92 Å². The summed E-state index contributed by atoms with van der Waals surface area (Å²) in [6.07, 6.45) is 4.28. The second-order valence-electron chi connectivity index (χ2n) is 6.41. The van der Waals surface area contributed by atoms with Crippen LogP contribution in [0.3, 0.4) is 0 Å². The van der Waals surface area contributed by atoms with Crippen LogP contribution in [0.15, 0.2) is 53.5 Å². The normalized spacial score (nSPS) is 12.7. The van der Waals surface area contributed by atoms with Crippen molar-refractivity contribution in [3.8, 4) is 11.1 Å². The Morgan fingerprint density at radius 1 is 1.32 bits per heavy atom. The summed E-state index contributed by atoms with van der Waals surface area (Å²) >= 11 is 6.20. The second-order valence-corrected chi connectivity index (χ2v) is 9.12. The van der Waals surface area contributed by atoms with E-state index in [9.17, 15) is 12.8 Å². The van der Waals surface area contributed by atoms with Gasteiger partial charge in [0.25, 0.3) is 0 Å². The summed E-state index contributed by atoms with van der Waals surface area (Å²) in [6, 6.07) is 6.96. The molecule has 2 N–H and O–H groups in total. The molecule has 0 radical (unpaired) electrons. The predicted octanol–water partition coefficient (Wildman–Crippen LogP) is 4.27. The van der Waals surface area contributed by atoms with Crippen molar-refractivity contribution in [1.82, 2.24) is 9.55 Å². The fraction of sp³-hybridized carbons (Fsp3) is 0.250. The van der Waals surface area contributed by atoms with Crippen LogP contribution < -0.4 is 5.73 Å². The summed E-state index contributed by atoms with van der Waals surface area (Å²) in [5, 5.41) is 1.34. The molecule has 2 heterocycles. The van der Waals surface area contributed by atoms with Gasteiger partial charge in [-0.05, 0) is 37.3 Å². The Morgan fingerprint density at radius 3 is 2.75 bits per heavy atom. The van der Waals surface area contributed by atoms with Gasteiger partial charge in [-0.1, -0.05) is 18.5 Å². The summed E-state index contributed by atoms with van der Waals surface area (Å²) in [5.41, 5.74) is 8.40. The molecule has 0 unspecified atom stereocenters. The van der Waals surface area contributed by atoms with E-state index in [1.165, 1.54) is 12.3 Å². The molecule has 1 aromatic carbocycles. The average Bonchev–Trinajstić information content (AvgIpc) is 2.93. The van der Waals surface area contributed by atoms with Gasteiger partial charge in [-0.15, -0.1) is 0 Å². The number of nitrogens with zero attached hydrogens (tertiary/aromatic N) is 2. The number of pyridine rings is 1. The molecule has 0 aliphatic carbocycles. The lowest BCUT2D eigenvalue weighted by molar-refractivity contribution is 0.555. The first kappa shape index (κ1) is 20.5. The number of fused-ring (bicyclic) bond motifs is 1. The maximum atomic E-state index is 14.2. The zero-order chi connectivity index (χ0) is 20.5. The zero-order valence-electron chi connectivity index (χ0n) is 15.6. The van der Waals surface area contributed by atoms with Crippen molar-refractivity contribution in [2.24, 2.45) is 5.73 Å². The standard InChI is InChI=1S/C20H21ClFN3O2S/c1-3-28(26,27)17-8-14(10-24-11-17)20-13(2)25(12-16(22)6-7-23)19-5-4-15(21)9-18(19)20/h4-6,8-11H,3,7,12,23H2,1-2H3/b16-6-. The minimum atomic E-state index is -3.40. The van der Waals surface area contributed by atoms with Crippen LogP contribution in [0.25, 0.3) is 22.0 Å². The van der Waals surface area contributed by atoms with Gasteiger partial charge in [-0.3, -0.25) is 4.98 Å². The second kappa shape index (κ2) is 8.03. The molecule has 0 amide bonds. The van der Waals surface area contributed by atoms with Gasteiger partial charge >= 0.3 is 0 Å². The van der Waals surface area contributed by atoms with Crippen LogP contribution >= 0.6 is 11.6 Å². The van der Waals surface area contributed by atoms with E-state index in [1.807, 2.05) is 17.6 Å². The van der Waals surface area contributed by atoms with Crippen LogP contribution in [-0.4, -0.2) is 30.3 Å². The number of halogens is 2. The van der Waals surface area contributed by atoms with Crippen LogP contribution in [0.2, 0.25) is 5.02 Å². The Balaban J connectivity index is 2.27. The van der Waals surface area contributed by atoms with E-state index in [-0.39, 0.29) is 29.6 Å². The highest BCUT2D eigenvalue weighted by atomic mass is 35.5. The van der Waals surface area contributed by atoms with Gasteiger partial charge < -0.3 is 10.3 Å². The first-order valence-corrected chi connectivity index (χ1v) is 10.8. The molecule has 0 saturated carbocycles. The van der Waals surface area contributed by atoms with E-state index >= 15 is 0 Å². The molecule has 148 valence electrons. The van der Waals surface area contributed by atoms with Crippen LogP contribution in [-0.2, 0) is 16.4 Å². The van der Waals surface area contributed by atoms with Crippen LogP contribution in [0.1, 0.15) is 12.6 Å². The van der Waals surface area contributed by atoms with Crippen molar-refractivity contribution in [2.75, 3.05) is 12.3 Å². The van der Waals surface area contributed by atoms with Crippen LogP contribution in [0.5, 0.6) is 0 Å². The molecule has 0 aliphatic heterocycles. The predicted molar refractivity (Wildman–Crippen MR) is 111 cm³/mol. The minimum absolute atomic E-state index is 0.0141. The number of rotatable bonds is 6. The molecule has 0 bridgehead atoms. The quantitative estimate of drug-likeness (QED) is 0.644. The molecular formula is C20H21ClFN3O2S. The van der Waals surface area contributed by atoms with E-state index < -0.39 is 9.84 Å². The van der Waals surface area contributed by atoms with Crippen molar-refractivity contribution < 1.29 is 12.8 Å². The summed E-state index contributed by atoms with van der Waals surface area (Å²) in [6.45, 7) is 3.59. The number of hydrogen-bond acceptors (Lipinski definition) is 4. The lowest BCUT2D eigenvalue weighted by Gasteiger charge is -2.08. The van der Waals surface area contributed by atoms with Crippen LogP contribution in [0.4, 0.5) is 4.39 Å². The van der Waals surface area contributed by atoms with Crippen molar-refractivity contribution in [2.45, 2.75) is 25.3 Å². The topological polar surface area (TPSA) is 78.0 Å². The van der Waals surface area contributed by atoms with Crippen molar-refractivity contribution in [3.63, 3.8) is 0 Å². The van der Waals surface area contributed by atoms with Gasteiger partial charge in [0.15, 0.2) is 9.84 Å². The molecule has 3 aromatic rings. The SMILES string of the molecule is CCS(=O)(=O)c1cncc(-c2c(C)n(C/C(F)=C/CN)c3ccc(Cl)cc23)c1. The van der Waals surface area contributed by atoms with E-state index in [2.05, 4.69) is 4.98 Å². The van der Waals surface area contributed by atoms with E-state index in [0.717, 1.165) is 22.2 Å². The zero-order valence-corrected chi connectivity index (χ0v) is 17.2. The first-order chi connectivity index (χ1) is 13.3. The van der Waals surface area contributed by atoms with Gasteiger partial charge in [0.05, 0.1) is 17.2 Å². The van der Waals surface area contributed by atoms with Gasteiger partial charge in [0.2, 0.25) is 0 Å². The Hall–Kier alpha value is -2.22. The Bertz CT molecular complexity index is 1170. The van der Waals surface area contributed by atoms with Crippen molar-refractivity contribution in [1.29, 1.82) is 0 Å². The number of benzene rings is 1. The molecule has 0 spiro atoms. The van der Waals surface area contributed by atoms with Gasteiger partial charge in [-0.2, -0.15) is 0 Å². The molecule has 5 nitrogen and oxygen atoms in total. The summed E-state index contributed by atoms with van der Waals surface area (Å²) in [7, 11) is -3.40. The minimum Gasteiger partial charge on any atom is -0.337 e. The van der Waals surface area contributed by atoms with Crippen molar-refractivity contribution >= 4 is 32.3 Å². The lowest BCUT2D eigenvalue weighted by atomic mass is 10.0. The first-order valence-electron chi connectivity index (χ1n) is 8.79. The summed E-state index contributed by atoms with van der Waals surface area (Å²) < 4.78 is 40.6. The highest BCUT2D eigenvalue weighted by molar-refractivity contribution is 7.91. The molecule has 28 heavy (non-hydrogen) atoms. The number of allylic oxidation sites excluding steroid dienone is 1. The molecule has 8 heteroatoms. The third kappa shape index (κ3) is 3.83. The van der Waals surface area contributed by atoms with E-state index in [0.29, 0.717) is 10.6 Å².